The van der Waals surface area contributed by atoms with Crippen molar-refractivity contribution < 1.29 is 47.5 Å². The number of rotatable bonds is 12. The van der Waals surface area contributed by atoms with E-state index in [9.17, 15) is 28.7 Å². The lowest BCUT2D eigenvalue weighted by Crippen LogP contribution is -2.44. The van der Waals surface area contributed by atoms with Gasteiger partial charge in [0.05, 0.1) is 19.8 Å². The number of hydrogen-bond donors (Lipinski definition) is 0. The van der Waals surface area contributed by atoms with E-state index in [1.165, 1.54) is 20.8 Å². The molecule has 0 aromatic rings. The first-order valence-corrected chi connectivity index (χ1v) is 9.30. The number of hydrogen-bond acceptors (Lipinski definition) is 10. The summed E-state index contributed by atoms with van der Waals surface area (Å²) in [5.41, 5.74) is -1.59. The molecule has 0 radical (unpaired) electrons. The van der Waals surface area contributed by atoms with Gasteiger partial charge in [-0.1, -0.05) is 19.7 Å². The highest BCUT2D eigenvalue weighted by Gasteiger charge is 2.37. The van der Waals surface area contributed by atoms with E-state index in [1.807, 2.05) is 0 Å². The van der Waals surface area contributed by atoms with Gasteiger partial charge < -0.3 is 33.1 Å². The van der Waals surface area contributed by atoms with Crippen molar-refractivity contribution in [1.82, 2.24) is 0 Å². The molecule has 0 unspecified atom stereocenters. The second-order valence-corrected chi connectivity index (χ2v) is 7.44. The minimum Gasteiger partial charge on any atom is -0.790 e. The molecule has 0 heterocycles. The maximum absolute atomic E-state index is 11.7. The molecule has 0 atom stereocenters. The molecule has 0 fully saturated rings. The fraction of sp³-hybridized carbons (Fsp3) is 0.471. The third kappa shape index (κ3) is 10.2. The molecule has 0 aromatic heterocycles. The zero-order valence-corrected chi connectivity index (χ0v) is 16.9. The van der Waals surface area contributed by atoms with Crippen molar-refractivity contribution >= 4 is 25.7 Å². The lowest BCUT2D eigenvalue weighted by molar-refractivity contribution is -0.343. The summed E-state index contributed by atoms with van der Waals surface area (Å²) in [7, 11) is -5.44. The van der Waals surface area contributed by atoms with E-state index in [1.54, 1.807) is 0 Å². The van der Waals surface area contributed by atoms with Crippen LogP contribution < -0.4 is 9.79 Å². The van der Waals surface area contributed by atoms with Crippen molar-refractivity contribution in [2.24, 2.45) is 5.41 Å². The van der Waals surface area contributed by atoms with Gasteiger partial charge >= 0.3 is 17.9 Å². The molecule has 0 N–H and O–H groups in total. The Morgan fingerprint density at radius 3 is 1.25 bits per heavy atom. The second kappa shape index (κ2) is 10.9. The highest BCUT2D eigenvalue weighted by atomic mass is 31.2. The average Bonchev–Trinajstić information content (AvgIpc) is 2.58. The normalized spacial score (nSPS) is 11.3. The van der Waals surface area contributed by atoms with Crippen LogP contribution in [0.25, 0.3) is 0 Å². The molecule has 28 heavy (non-hydrogen) atoms. The summed E-state index contributed by atoms with van der Waals surface area (Å²) >= 11 is 0. The smallest absolute Gasteiger partial charge is 0.333 e. The highest BCUT2D eigenvalue weighted by Crippen LogP contribution is 2.31. The van der Waals surface area contributed by atoms with E-state index in [-0.39, 0.29) is 16.7 Å². The van der Waals surface area contributed by atoms with E-state index in [0.717, 1.165) is 0 Å². The van der Waals surface area contributed by atoms with Crippen LogP contribution in [-0.2, 0) is 37.7 Å². The van der Waals surface area contributed by atoms with Crippen LogP contribution >= 0.6 is 7.82 Å². The number of phosphoric acid groups is 1. The molecule has 158 valence electrons. The van der Waals surface area contributed by atoms with Crippen LogP contribution in [0.2, 0.25) is 0 Å². The number of esters is 3. The first-order valence-electron chi connectivity index (χ1n) is 7.83. The standard InChI is InChI=1S/C17H25O10P/c1-11(2)14(18)24-7-17(10-27-28(21,22)23,8-25-15(19)12(3)4)9-26-16(20)13(5)6/h1,3,5,7-10H2,2,4,6H3,(H2,21,22,23)/p-2. The SMILES string of the molecule is C=C(C)C(=O)OCC(COC(=O)C(=C)C)(COC(=O)C(=C)C)COP(=O)([O-])[O-]. The van der Waals surface area contributed by atoms with Crippen molar-refractivity contribution in [2.45, 2.75) is 20.8 Å². The molecule has 0 saturated heterocycles. The lowest BCUT2D eigenvalue weighted by atomic mass is 9.92. The summed E-state index contributed by atoms with van der Waals surface area (Å²) in [6.45, 7) is 11.6. The van der Waals surface area contributed by atoms with Crippen LogP contribution in [0, 0.1) is 5.41 Å². The third-order valence-electron chi connectivity index (χ3n) is 3.10. The Hall–Kier alpha value is -2.26. The van der Waals surface area contributed by atoms with Gasteiger partial charge in [-0.2, -0.15) is 0 Å². The zero-order valence-electron chi connectivity index (χ0n) is 16.0. The largest absolute Gasteiger partial charge is 0.790 e. The van der Waals surface area contributed by atoms with Gasteiger partial charge in [0.15, 0.2) is 0 Å². The Bertz CT molecular complexity index is 629. The van der Waals surface area contributed by atoms with Gasteiger partial charge in [-0.25, -0.2) is 14.4 Å². The monoisotopic (exact) mass is 418 g/mol. The Labute approximate surface area is 163 Å². The molecule has 0 bridgehead atoms. The number of ether oxygens (including phenoxy) is 3. The Balaban J connectivity index is 5.65. The molecule has 0 spiro atoms. The Morgan fingerprint density at radius 2 is 1.04 bits per heavy atom. The lowest BCUT2D eigenvalue weighted by Gasteiger charge is -2.36. The van der Waals surface area contributed by atoms with Crippen molar-refractivity contribution in [2.75, 3.05) is 26.4 Å². The molecule has 0 aromatic carbocycles. The van der Waals surface area contributed by atoms with Gasteiger partial charge in [-0.3, -0.25) is 0 Å². The average molecular weight is 418 g/mol. The van der Waals surface area contributed by atoms with Crippen LogP contribution in [0.15, 0.2) is 36.5 Å². The van der Waals surface area contributed by atoms with Crippen LogP contribution in [0.1, 0.15) is 20.8 Å². The molecule has 0 saturated carbocycles. The molecule has 0 rings (SSSR count). The van der Waals surface area contributed by atoms with E-state index < -0.39 is 57.6 Å². The van der Waals surface area contributed by atoms with Crippen molar-refractivity contribution in [1.29, 1.82) is 0 Å². The quantitative estimate of drug-likeness (QED) is 0.186. The summed E-state index contributed by atoms with van der Waals surface area (Å²) < 4.78 is 30.1. The molecule has 0 aliphatic carbocycles. The van der Waals surface area contributed by atoms with E-state index in [4.69, 9.17) is 14.2 Å². The van der Waals surface area contributed by atoms with Gasteiger partial charge in [0.25, 0.3) is 0 Å². The van der Waals surface area contributed by atoms with Crippen molar-refractivity contribution in [3.63, 3.8) is 0 Å². The molecular weight excluding hydrogens is 395 g/mol. The fourth-order valence-corrected chi connectivity index (χ4v) is 1.92. The van der Waals surface area contributed by atoms with Gasteiger partial charge in [0.2, 0.25) is 0 Å². The topological polar surface area (TPSA) is 151 Å². The highest BCUT2D eigenvalue weighted by molar-refractivity contribution is 7.43. The van der Waals surface area contributed by atoms with Crippen molar-refractivity contribution in [3.8, 4) is 0 Å². The number of carbonyl (C=O) groups is 3. The zero-order chi connectivity index (χ0) is 22.1. The summed E-state index contributed by atoms with van der Waals surface area (Å²) in [5, 5.41) is 0. The maximum atomic E-state index is 11.7. The summed E-state index contributed by atoms with van der Waals surface area (Å²) in [6.07, 6.45) is 0. The van der Waals surface area contributed by atoms with Crippen LogP contribution in [-0.4, -0.2) is 44.3 Å². The molecule has 0 amide bonds. The van der Waals surface area contributed by atoms with Crippen LogP contribution in [0.4, 0.5) is 0 Å². The minimum absolute atomic E-state index is 0.0333. The van der Waals surface area contributed by atoms with E-state index in [0.29, 0.717) is 0 Å². The summed E-state index contributed by atoms with van der Waals surface area (Å²) in [6, 6.07) is 0. The summed E-state index contributed by atoms with van der Waals surface area (Å²) in [5.74, 6) is -2.52. The Morgan fingerprint density at radius 1 is 0.750 bits per heavy atom. The van der Waals surface area contributed by atoms with E-state index >= 15 is 0 Å². The van der Waals surface area contributed by atoms with Crippen LogP contribution in [0.3, 0.4) is 0 Å². The van der Waals surface area contributed by atoms with Crippen molar-refractivity contribution in [3.05, 3.63) is 36.5 Å². The van der Waals surface area contributed by atoms with Crippen LogP contribution in [0.5, 0.6) is 0 Å². The van der Waals surface area contributed by atoms with Gasteiger partial charge in [-0.15, -0.1) is 0 Å². The molecule has 11 heteroatoms. The second-order valence-electron chi connectivity index (χ2n) is 6.29. The molecule has 10 nitrogen and oxygen atoms in total. The Kier molecular flexibility index (Phi) is 10.0. The molecule has 0 aliphatic rings. The molecule has 0 aliphatic heterocycles. The summed E-state index contributed by atoms with van der Waals surface area (Å²) in [4.78, 5) is 56.9. The predicted octanol–water partition coefficient (Wildman–Crippen LogP) is 0.176. The maximum Gasteiger partial charge on any atom is 0.333 e. The van der Waals surface area contributed by atoms with Gasteiger partial charge in [0.1, 0.15) is 19.8 Å². The number of carbonyl (C=O) groups excluding carboxylic acids is 3. The van der Waals surface area contributed by atoms with Gasteiger partial charge in [-0.05, 0) is 20.8 Å². The minimum atomic E-state index is -5.44. The third-order valence-corrected chi connectivity index (χ3v) is 3.55. The fourth-order valence-electron chi connectivity index (χ4n) is 1.49. The van der Waals surface area contributed by atoms with Gasteiger partial charge in [0, 0.05) is 16.7 Å². The number of phosphoric ester groups is 1. The molecular formula is C17H23O10P-2. The first-order chi connectivity index (χ1) is 12.7. The first kappa shape index (κ1) is 25.7. The predicted molar refractivity (Wildman–Crippen MR) is 93.3 cm³/mol. The van der Waals surface area contributed by atoms with E-state index in [2.05, 4.69) is 24.3 Å².